The standard InChI is InChI=1S/C15H14N2O/c16-13-6-2-3-7-14(13)17-9-11-10-18-15-8-4-1-5-12(11)15/h1-8,10,17H,9,16H2. The normalized spacial score (nSPS) is 10.7. The first-order chi connectivity index (χ1) is 8.84. The summed E-state index contributed by atoms with van der Waals surface area (Å²) in [5.74, 6) is 0. The molecule has 0 bridgehead atoms. The summed E-state index contributed by atoms with van der Waals surface area (Å²) in [7, 11) is 0. The molecule has 18 heavy (non-hydrogen) atoms. The Morgan fingerprint density at radius 3 is 2.67 bits per heavy atom. The maximum Gasteiger partial charge on any atom is 0.134 e. The van der Waals surface area contributed by atoms with Gasteiger partial charge in [-0.1, -0.05) is 30.3 Å². The number of fused-ring (bicyclic) bond motifs is 1. The maximum absolute atomic E-state index is 5.89. The SMILES string of the molecule is Nc1ccccc1NCc1coc2ccccc12. The summed E-state index contributed by atoms with van der Waals surface area (Å²) in [6, 6.07) is 15.8. The van der Waals surface area contributed by atoms with E-state index in [4.69, 9.17) is 10.2 Å². The Bertz CT molecular complexity index is 673. The van der Waals surface area contributed by atoms with Gasteiger partial charge in [-0.2, -0.15) is 0 Å². The van der Waals surface area contributed by atoms with Gasteiger partial charge in [0.25, 0.3) is 0 Å². The Labute approximate surface area is 105 Å². The quantitative estimate of drug-likeness (QED) is 0.685. The molecule has 0 amide bonds. The third-order valence-corrected chi connectivity index (χ3v) is 2.99. The van der Waals surface area contributed by atoms with E-state index in [9.17, 15) is 0 Å². The zero-order chi connectivity index (χ0) is 12.4. The van der Waals surface area contributed by atoms with E-state index in [2.05, 4.69) is 11.4 Å². The van der Waals surface area contributed by atoms with Crippen molar-refractivity contribution >= 4 is 22.3 Å². The second-order valence-electron chi connectivity index (χ2n) is 4.20. The topological polar surface area (TPSA) is 51.2 Å². The molecule has 3 rings (SSSR count). The van der Waals surface area contributed by atoms with Gasteiger partial charge < -0.3 is 15.5 Å². The fourth-order valence-corrected chi connectivity index (χ4v) is 2.02. The molecule has 0 aliphatic heterocycles. The number of nitrogen functional groups attached to an aromatic ring is 1. The van der Waals surface area contributed by atoms with E-state index in [0.29, 0.717) is 6.54 Å². The number of hydrogen-bond acceptors (Lipinski definition) is 3. The van der Waals surface area contributed by atoms with Gasteiger partial charge in [-0.3, -0.25) is 0 Å². The van der Waals surface area contributed by atoms with Crippen LogP contribution in [0.4, 0.5) is 11.4 Å². The number of anilines is 2. The fraction of sp³-hybridized carbons (Fsp3) is 0.0667. The average molecular weight is 238 g/mol. The molecule has 1 heterocycles. The Morgan fingerprint density at radius 2 is 1.78 bits per heavy atom. The van der Waals surface area contributed by atoms with E-state index in [1.54, 1.807) is 6.26 Å². The molecule has 0 aliphatic rings. The van der Waals surface area contributed by atoms with Crippen LogP contribution < -0.4 is 11.1 Å². The second-order valence-corrected chi connectivity index (χ2v) is 4.20. The molecule has 3 N–H and O–H groups in total. The lowest BCUT2D eigenvalue weighted by atomic mass is 10.1. The lowest BCUT2D eigenvalue weighted by Gasteiger charge is -2.07. The molecule has 3 nitrogen and oxygen atoms in total. The van der Waals surface area contributed by atoms with Crippen LogP contribution >= 0.6 is 0 Å². The Kier molecular flexibility index (Phi) is 2.65. The van der Waals surface area contributed by atoms with Crippen LogP contribution in [-0.2, 0) is 6.54 Å². The predicted molar refractivity (Wildman–Crippen MR) is 74.4 cm³/mol. The van der Waals surface area contributed by atoms with Gasteiger partial charge in [0.1, 0.15) is 5.58 Å². The van der Waals surface area contributed by atoms with Crippen molar-refractivity contribution in [2.75, 3.05) is 11.1 Å². The minimum absolute atomic E-state index is 0.700. The molecule has 0 saturated heterocycles. The van der Waals surface area contributed by atoms with Crippen LogP contribution in [-0.4, -0.2) is 0 Å². The molecule has 2 aromatic carbocycles. The van der Waals surface area contributed by atoms with E-state index in [1.165, 1.54) is 0 Å². The van der Waals surface area contributed by atoms with Crippen LogP contribution in [0.15, 0.2) is 59.2 Å². The fourth-order valence-electron chi connectivity index (χ4n) is 2.02. The van der Waals surface area contributed by atoms with Gasteiger partial charge in [0, 0.05) is 17.5 Å². The molecule has 0 atom stereocenters. The van der Waals surface area contributed by atoms with Gasteiger partial charge in [-0.15, -0.1) is 0 Å². The third kappa shape index (κ3) is 1.91. The first kappa shape index (κ1) is 10.7. The number of nitrogens with two attached hydrogens (primary N) is 1. The monoisotopic (exact) mass is 238 g/mol. The highest BCUT2D eigenvalue weighted by Gasteiger charge is 2.05. The number of rotatable bonds is 3. The van der Waals surface area contributed by atoms with Crippen LogP contribution in [0.2, 0.25) is 0 Å². The Morgan fingerprint density at radius 1 is 1.00 bits per heavy atom. The van der Waals surface area contributed by atoms with Crippen LogP contribution in [0.5, 0.6) is 0 Å². The van der Waals surface area contributed by atoms with Crippen molar-refractivity contribution in [2.45, 2.75) is 6.54 Å². The molecular weight excluding hydrogens is 224 g/mol. The summed E-state index contributed by atoms with van der Waals surface area (Å²) in [5, 5.41) is 4.46. The molecule has 0 unspecified atom stereocenters. The summed E-state index contributed by atoms with van der Waals surface area (Å²) >= 11 is 0. The van der Waals surface area contributed by atoms with Gasteiger partial charge in [0.15, 0.2) is 0 Å². The first-order valence-corrected chi connectivity index (χ1v) is 5.88. The minimum atomic E-state index is 0.700. The molecule has 0 radical (unpaired) electrons. The molecular formula is C15H14N2O. The van der Waals surface area contributed by atoms with Gasteiger partial charge >= 0.3 is 0 Å². The molecule has 90 valence electrons. The van der Waals surface area contributed by atoms with Crippen molar-refractivity contribution in [1.29, 1.82) is 0 Å². The minimum Gasteiger partial charge on any atom is -0.464 e. The van der Waals surface area contributed by atoms with Gasteiger partial charge in [0.05, 0.1) is 17.6 Å². The molecule has 0 spiro atoms. The molecule has 0 saturated carbocycles. The van der Waals surface area contributed by atoms with Crippen molar-refractivity contribution in [3.05, 3.63) is 60.4 Å². The molecule has 0 fully saturated rings. The van der Waals surface area contributed by atoms with Crippen molar-refractivity contribution < 1.29 is 4.42 Å². The largest absolute Gasteiger partial charge is 0.464 e. The Balaban J connectivity index is 1.83. The zero-order valence-electron chi connectivity index (χ0n) is 9.89. The van der Waals surface area contributed by atoms with Crippen molar-refractivity contribution in [3.8, 4) is 0 Å². The summed E-state index contributed by atoms with van der Waals surface area (Å²) in [4.78, 5) is 0. The maximum atomic E-state index is 5.89. The number of benzene rings is 2. The van der Waals surface area contributed by atoms with Crippen LogP contribution in [0.25, 0.3) is 11.0 Å². The van der Waals surface area contributed by atoms with Crippen molar-refractivity contribution in [3.63, 3.8) is 0 Å². The van der Waals surface area contributed by atoms with Crippen LogP contribution in [0.3, 0.4) is 0 Å². The molecule has 3 aromatic rings. The lowest BCUT2D eigenvalue weighted by Crippen LogP contribution is -2.01. The van der Waals surface area contributed by atoms with Crippen LogP contribution in [0, 0.1) is 0 Å². The zero-order valence-corrected chi connectivity index (χ0v) is 9.89. The summed E-state index contributed by atoms with van der Waals surface area (Å²) in [5.41, 5.74) is 9.63. The number of hydrogen-bond donors (Lipinski definition) is 2. The average Bonchev–Trinajstić information content (AvgIpc) is 2.81. The van der Waals surface area contributed by atoms with E-state index in [0.717, 1.165) is 27.9 Å². The highest BCUT2D eigenvalue weighted by Crippen LogP contribution is 2.23. The number of nitrogens with one attached hydrogen (secondary N) is 1. The highest BCUT2D eigenvalue weighted by molar-refractivity contribution is 5.81. The first-order valence-electron chi connectivity index (χ1n) is 5.88. The van der Waals surface area contributed by atoms with Gasteiger partial charge in [-0.05, 0) is 18.2 Å². The lowest BCUT2D eigenvalue weighted by molar-refractivity contribution is 0.611. The summed E-state index contributed by atoms with van der Waals surface area (Å²) in [6.07, 6.45) is 1.79. The number of para-hydroxylation sites is 3. The van der Waals surface area contributed by atoms with Crippen LogP contribution in [0.1, 0.15) is 5.56 Å². The van der Waals surface area contributed by atoms with E-state index in [-0.39, 0.29) is 0 Å². The molecule has 0 aliphatic carbocycles. The summed E-state index contributed by atoms with van der Waals surface area (Å²) < 4.78 is 5.50. The second kappa shape index (κ2) is 4.45. The Hall–Kier alpha value is -2.42. The van der Waals surface area contributed by atoms with E-state index < -0.39 is 0 Å². The molecule has 1 aromatic heterocycles. The van der Waals surface area contributed by atoms with Crippen molar-refractivity contribution in [1.82, 2.24) is 0 Å². The molecule has 3 heteroatoms. The number of furan rings is 1. The smallest absolute Gasteiger partial charge is 0.134 e. The summed E-state index contributed by atoms with van der Waals surface area (Å²) in [6.45, 7) is 0.700. The van der Waals surface area contributed by atoms with Gasteiger partial charge in [-0.25, -0.2) is 0 Å². The third-order valence-electron chi connectivity index (χ3n) is 2.99. The van der Waals surface area contributed by atoms with Crippen molar-refractivity contribution in [2.24, 2.45) is 0 Å². The van der Waals surface area contributed by atoms with Gasteiger partial charge in [0.2, 0.25) is 0 Å². The van der Waals surface area contributed by atoms with E-state index in [1.807, 2.05) is 42.5 Å². The van der Waals surface area contributed by atoms with E-state index >= 15 is 0 Å². The predicted octanol–water partition coefficient (Wildman–Crippen LogP) is 3.63. The highest BCUT2D eigenvalue weighted by atomic mass is 16.3.